The van der Waals surface area contributed by atoms with Crippen LogP contribution < -0.4 is 5.32 Å². The van der Waals surface area contributed by atoms with Gasteiger partial charge in [0.05, 0.1) is 24.5 Å². The molecule has 4 rings (SSSR count). The lowest BCUT2D eigenvalue weighted by atomic mass is 9.98. The number of fused-ring (bicyclic) bond motifs is 1. The Morgan fingerprint density at radius 2 is 1.85 bits per heavy atom. The summed E-state index contributed by atoms with van der Waals surface area (Å²) in [4.78, 5) is 27.5. The number of likely N-dealkylation sites (tertiary alicyclic amines) is 1. The number of nitrogens with one attached hydrogen (secondary N) is 1. The van der Waals surface area contributed by atoms with Crippen LogP contribution in [0.4, 0.5) is 0 Å². The van der Waals surface area contributed by atoms with E-state index in [-0.39, 0.29) is 29.9 Å². The molecule has 146 valence electrons. The van der Waals surface area contributed by atoms with E-state index in [4.69, 9.17) is 9.47 Å². The Morgan fingerprint density at radius 3 is 2.63 bits per heavy atom. The van der Waals surface area contributed by atoms with Gasteiger partial charge in [0.2, 0.25) is 11.8 Å². The van der Waals surface area contributed by atoms with Gasteiger partial charge in [-0.15, -0.1) is 0 Å². The monoisotopic (exact) mass is 372 g/mol. The third-order valence-corrected chi connectivity index (χ3v) is 6.05. The van der Waals surface area contributed by atoms with Crippen molar-refractivity contribution in [1.29, 1.82) is 0 Å². The second-order valence-electron chi connectivity index (χ2n) is 7.81. The molecular formula is C21H28N2O4. The number of hydrogen-bond donors (Lipinski definition) is 1. The second kappa shape index (κ2) is 8.40. The van der Waals surface area contributed by atoms with Crippen LogP contribution in [-0.2, 0) is 25.5 Å². The summed E-state index contributed by atoms with van der Waals surface area (Å²) < 4.78 is 11.2. The fourth-order valence-electron chi connectivity index (χ4n) is 4.49. The van der Waals surface area contributed by atoms with Crippen molar-refractivity contribution in [3.63, 3.8) is 0 Å². The van der Waals surface area contributed by atoms with Crippen molar-refractivity contribution in [1.82, 2.24) is 10.2 Å². The lowest BCUT2D eigenvalue weighted by Crippen LogP contribution is -2.40. The molecule has 1 N–H and O–H groups in total. The first-order valence-corrected chi connectivity index (χ1v) is 10.0. The highest BCUT2D eigenvalue weighted by molar-refractivity contribution is 5.84. The van der Waals surface area contributed by atoms with Crippen LogP contribution in [0.1, 0.15) is 24.8 Å². The Kier molecular flexibility index (Phi) is 5.74. The van der Waals surface area contributed by atoms with Gasteiger partial charge in [0.1, 0.15) is 0 Å². The Bertz CT molecular complexity index is 659. The van der Waals surface area contributed by atoms with Crippen molar-refractivity contribution >= 4 is 11.8 Å². The van der Waals surface area contributed by atoms with E-state index >= 15 is 0 Å². The average molecular weight is 372 g/mol. The van der Waals surface area contributed by atoms with Crippen LogP contribution >= 0.6 is 0 Å². The van der Waals surface area contributed by atoms with Gasteiger partial charge >= 0.3 is 0 Å². The van der Waals surface area contributed by atoms with Crippen molar-refractivity contribution in [2.45, 2.75) is 37.8 Å². The molecule has 0 saturated carbocycles. The molecule has 6 nitrogen and oxygen atoms in total. The van der Waals surface area contributed by atoms with E-state index in [9.17, 15) is 9.59 Å². The van der Waals surface area contributed by atoms with E-state index in [2.05, 4.69) is 5.32 Å². The molecule has 3 aliphatic rings. The molecule has 0 spiro atoms. The SMILES string of the molecule is O=C(NCC1CCOCC1)[C@@H]1CN(C(=O)Cc2ccccc2)[C@H]2CCO[C@@H]12. The molecule has 3 aliphatic heterocycles. The predicted molar refractivity (Wildman–Crippen MR) is 100 cm³/mol. The quantitative estimate of drug-likeness (QED) is 0.848. The molecule has 0 radical (unpaired) electrons. The summed E-state index contributed by atoms with van der Waals surface area (Å²) in [6, 6.07) is 9.80. The fourth-order valence-corrected chi connectivity index (χ4v) is 4.49. The molecule has 3 fully saturated rings. The number of hydrogen-bond acceptors (Lipinski definition) is 4. The van der Waals surface area contributed by atoms with Crippen LogP contribution in [0.5, 0.6) is 0 Å². The summed E-state index contributed by atoms with van der Waals surface area (Å²) >= 11 is 0. The number of carbonyl (C=O) groups is 2. The van der Waals surface area contributed by atoms with E-state index in [1.807, 2.05) is 35.2 Å². The fraction of sp³-hybridized carbons (Fsp3) is 0.619. The molecule has 1 aromatic rings. The maximum atomic E-state index is 12.9. The van der Waals surface area contributed by atoms with Gasteiger partial charge in [0, 0.05) is 32.9 Å². The summed E-state index contributed by atoms with van der Waals surface area (Å²) in [6.45, 7) is 3.32. The summed E-state index contributed by atoms with van der Waals surface area (Å²) in [7, 11) is 0. The number of amides is 2. The van der Waals surface area contributed by atoms with E-state index in [1.54, 1.807) is 0 Å². The van der Waals surface area contributed by atoms with E-state index in [0.717, 1.165) is 38.0 Å². The highest BCUT2D eigenvalue weighted by Crippen LogP contribution is 2.34. The lowest BCUT2D eigenvalue weighted by Gasteiger charge is -2.23. The van der Waals surface area contributed by atoms with Gasteiger partial charge in [0.25, 0.3) is 0 Å². The molecule has 2 amide bonds. The van der Waals surface area contributed by atoms with Crippen LogP contribution in [-0.4, -0.2) is 61.8 Å². The Morgan fingerprint density at radius 1 is 1.07 bits per heavy atom. The molecule has 3 heterocycles. The lowest BCUT2D eigenvalue weighted by molar-refractivity contribution is -0.131. The summed E-state index contributed by atoms with van der Waals surface area (Å²) in [5.74, 6) is 0.326. The highest BCUT2D eigenvalue weighted by atomic mass is 16.5. The third-order valence-electron chi connectivity index (χ3n) is 6.05. The smallest absolute Gasteiger partial charge is 0.227 e. The minimum absolute atomic E-state index is 0.0217. The molecule has 3 atom stereocenters. The maximum absolute atomic E-state index is 12.9. The summed E-state index contributed by atoms with van der Waals surface area (Å²) in [6.07, 6.45) is 3.01. The zero-order valence-corrected chi connectivity index (χ0v) is 15.6. The minimum Gasteiger partial charge on any atom is -0.381 e. The van der Waals surface area contributed by atoms with Crippen molar-refractivity contribution in [3.8, 4) is 0 Å². The van der Waals surface area contributed by atoms with Crippen LogP contribution in [0.15, 0.2) is 30.3 Å². The average Bonchev–Trinajstić information content (AvgIpc) is 3.30. The van der Waals surface area contributed by atoms with Crippen molar-refractivity contribution in [2.75, 3.05) is 32.9 Å². The Balaban J connectivity index is 1.36. The van der Waals surface area contributed by atoms with Gasteiger partial charge in [0.15, 0.2) is 0 Å². The normalized spacial score (nSPS) is 28.1. The number of ether oxygens (including phenoxy) is 2. The standard InChI is InChI=1S/C21H28N2O4/c24-19(12-15-4-2-1-3-5-15)23-14-17(20-18(23)8-11-27-20)21(25)22-13-16-6-9-26-10-7-16/h1-5,16-18,20H,6-14H2,(H,22,25)/t17-,18+,20+/m1/s1. The van der Waals surface area contributed by atoms with Crippen molar-refractivity contribution < 1.29 is 19.1 Å². The molecule has 3 saturated heterocycles. The zero-order chi connectivity index (χ0) is 18.6. The Labute approximate surface area is 160 Å². The maximum Gasteiger partial charge on any atom is 0.227 e. The highest BCUT2D eigenvalue weighted by Gasteiger charge is 2.50. The zero-order valence-electron chi connectivity index (χ0n) is 15.6. The molecule has 27 heavy (non-hydrogen) atoms. The van der Waals surface area contributed by atoms with Crippen LogP contribution in [0.3, 0.4) is 0 Å². The molecular weight excluding hydrogens is 344 g/mol. The first-order chi connectivity index (χ1) is 13.2. The first kappa shape index (κ1) is 18.4. The van der Waals surface area contributed by atoms with Gasteiger partial charge in [-0.1, -0.05) is 30.3 Å². The van der Waals surface area contributed by atoms with Crippen LogP contribution in [0, 0.1) is 11.8 Å². The largest absolute Gasteiger partial charge is 0.381 e. The third kappa shape index (κ3) is 4.17. The first-order valence-electron chi connectivity index (χ1n) is 10.0. The number of carbonyl (C=O) groups excluding carboxylic acids is 2. The molecule has 0 aromatic heterocycles. The number of nitrogens with zero attached hydrogens (tertiary/aromatic N) is 1. The van der Waals surface area contributed by atoms with Crippen molar-refractivity contribution in [3.05, 3.63) is 35.9 Å². The molecule has 0 bridgehead atoms. The van der Waals surface area contributed by atoms with Gasteiger partial charge in [-0.2, -0.15) is 0 Å². The van der Waals surface area contributed by atoms with Crippen LogP contribution in [0.25, 0.3) is 0 Å². The van der Waals surface area contributed by atoms with Crippen molar-refractivity contribution in [2.24, 2.45) is 11.8 Å². The molecule has 6 heteroatoms. The number of rotatable bonds is 5. The summed E-state index contributed by atoms with van der Waals surface area (Å²) in [5, 5.41) is 3.10. The molecule has 1 aromatic carbocycles. The predicted octanol–water partition coefficient (Wildman–Crippen LogP) is 1.39. The van der Waals surface area contributed by atoms with Gasteiger partial charge in [-0.05, 0) is 30.7 Å². The minimum atomic E-state index is -0.267. The topological polar surface area (TPSA) is 67.9 Å². The van der Waals surface area contributed by atoms with Gasteiger partial charge < -0.3 is 19.7 Å². The molecule has 0 unspecified atom stereocenters. The van der Waals surface area contributed by atoms with Gasteiger partial charge in [-0.3, -0.25) is 9.59 Å². The Hall–Kier alpha value is -1.92. The number of benzene rings is 1. The summed E-state index contributed by atoms with van der Waals surface area (Å²) in [5.41, 5.74) is 1.00. The van der Waals surface area contributed by atoms with E-state index < -0.39 is 0 Å². The van der Waals surface area contributed by atoms with E-state index in [1.165, 1.54) is 0 Å². The second-order valence-corrected chi connectivity index (χ2v) is 7.81. The molecule has 0 aliphatic carbocycles. The van der Waals surface area contributed by atoms with Gasteiger partial charge in [-0.25, -0.2) is 0 Å². The van der Waals surface area contributed by atoms with E-state index in [0.29, 0.717) is 32.0 Å². The van der Waals surface area contributed by atoms with Crippen LogP contribution in [0.2, 0.25) is 0 Å².